The van der Waals surface area contributed by atoms with E-state index in [-0.39, 0.29) is 5.82 Å². The highest BCUT2D eigenvalue weighted by molar-refractivity contribution is 5.84. The van der Waals surface area contributed by atoms with Crippen LogP contribution in [0.4, 0.5) is 0 Å². The first-order chi connectivity index (χ1) is 10.5. The number of imidazole rings is 1. The highest BCUT2D eigenvalue weighted by atomic mass is 16.6. The van der Waals surface area contributed by atoms with E-state index in [1.54, 1.807) is 0 Å². The maximum atomic E-state index is 11.3. The molecule has 1 aliphatic heterocycles. The number of hydrogen-bond acceptors (Lipinski definition) is 6. The second-order valence-electron chi connectivity index (χ2n) is 5.61. The first-order valence-corrected chi connectivity index (χ1v) is 7.04. The standard InChI is InChI=1S/C15H18N2O5/c1-7-3-9-10(4-8(7)2)17(12(6-19)16-9)15-14(21)13(20)11(5-18)22-15/h3-4,6,11,13-15,18,20-21H,5H2,1-2H3/t11-,13-,14-,15+/m1/s1. The zero-order valence-corrected chi connectivity index (χ0v) is 12.3. The summed E-state index contributed by atoms with van der Waals surface area (Å²) in [6.07, 6.45) is -3.77. The zero-order valence-electron chi connectivity index (χ0n) is 12.3. The van der Waals surface area contributed by atoms with E-state index in [1.165, 1.54) is 4.57 Å². The van der Waals surface area contributed by atoms with Crippen molar-refractivity contribution >= 4 is 17.3 Å². The Balaban J connectivity index is 2.17. The van der Waals surface area contributed by atoms with Gasteiger partial charge in [0.25, 0.3) is 0 Å². The minimum Gasteiger partial charge on any atom is -0.394 e. The van der Waals surface area contributed by atoms with Gasteiger partial charge in [-0.3, -0.25) is 9.36 Å². The number of carbonyl (C=O) groups is 1. The minimum atomic E-state index is -1.25. The summed E-state index contributed by atoms with van der Waals surface area (Å²) in [5, 5.41) is 29.3. The summed E-state index contributed by atoms with van der Waals surface area (Å²) < 4.78 is 6.98. The van der Waals surface area contributed by atoms with Gasteiger partial charge in [0.1, 0.15) is 18.3 Å². The average Bonchev–Trinajstić information content (AvgIpc) is 2.98. The quantitative estimate of drug-likeness (QED) is 0.694. The fourth-order valence-electron chi connectivity index (χ4n) is 2.81. The lowest BCUT2D eigenvalue weighted by Crippen LogP contribution is -2.33. The predicted molar refractivity (Wildman–Crippen MR) is 77.6 cm³/mol. The molecule has 118 valence electrons. The largest absolute Gasteiger partial charge is 0.394 e. The molecule has 0 radical (unpaired) electrons. The lowest BCUT2D eigenvalue weighted by Gasteiger charge is -2.18. The van der Waals surface area contributed by atoms with E-state index in [0.29, 0.717) is 17.3 Å². The van der Waals surface area contributed by atoms with Crippen LogP contribution in [0, 0.1) is 13.8 Å². The van der Waals surface area contributed by atoms with Gasteiger partial charge in [-0.2, -0.15) is 0 Å². The third-order valence-corrected chi connectivity index (χ3v) is 4.21. The molecule has 7 heteroatoms. The Morgan fingerprint density at radius 3 is 2.55 bits per heavy atom. The highest BCUT2D eigenvalue weighted by Crippen LogP contribution is 2.33. The van der Waals surface area contributed by atoms with Crippen LogP contribution in [-0.4, -0.2) is 56.1 Å². The van der Waals surface area contributed by atoms with Crippen LogP contribution < -0.4 is 0 Å². The molecule has 2 aromatic rings. The Morgan fingerprint density at radius 2 is 1.95 bits per heavy atom. The highest BCUT2D eigenvalue weighted by Gasteiger charge is 2.44. The molecular weight excluding hydrogens is 288 g/mol. The van der Waals surface area contributed by atoms with Crippen molar-refractivity contribution in [3.63, 3.8) is 0 Å². The van der Waals surface area contributed by atoms with Crippen LogP contribution in [0.3, 0.4) is 0 Å². The second-order valence-corrected chi connectivity index (χ2v) is 5.61. The molecular formula is C15H18N2O5. The molecule has 7 nitrogen and oxygen atoms in total. The number of carbonyl (C=O) groups excluding carboxylic acids is 1. The van der Waals surface area contributed by atoms with E-state index in [1.807, 2.05) is 26.0 Å². The van der Waals surface area contributed by atoms with Crippen LogP contribution in [0.2, 0.25) is 0 Å². The van der Waals surface area contributed by atoms with E-state index >= 15 is 0 Å². The van der Waals surface area contributed by atoms with Gasteiger partial charge in [-0.1, -0.05) is 0 Å². The molecule has 0 bridgehead atoms. The lowest BCUT2D eigenvalue weighted by molar-refractivity contribution is -0.0513. The van der Waals surface area contributed by atoms with Gasteiger partial charge in [0.15, 0.2) is 18.3 Å². The van der Waals surface area contributed by atoms with Crippen LogP contribution in [0.1, 0.15) is 28.0 Å². The molecule has 22 heavy (non-hydrogen) atoms. The summed E-state index contributed by atoms with van der Waals surface area (Å²) >= 11 is 0. The first kappa shape index (κ1) is 15.1. The van der Waals surface area contributed by atoms with Gasteiger partial charge >= 0.3 is 0 Å². The van der Waals surface area contributed by atoms with Gasteiger partial charge in [0.05, 0.1) is 17.6 Å². The molecule has 1 aromatic heterocycles. The number of fused-ring (bicyclic) bond motifs is 1. The monoisotopic (exact) mass is 306 g/mol. The van der Waals surface area contributed by atoms with Gasteiger partial charge in [-0.25, -0.2) is 4.98 Å². The molecule has 3 rings (SSSR count). The summed E-state index contributed by atoms with van der Waals surface area (Å²) in [5.74, 6) is 0.106. The summed E-state index contributed by atoms with van der Waals surface area (Å²) in [4.78, 5) is 15.6. The van der Waals surface area contributed by atoms with Gasteiger partial charge in [-0.15, -0.1) is 0 Å². The SMILES string of the molecule is Cc1cc2nc(C=O)n([C@H]3O[C@H](CO)[C@@H](O)[C@H]3O)c2cc1C. The molecule has 3 N–H and O–H groups in total. The molecule has 0 saturated carbocycles. The lowest BCUT2D eigenvalue weighted by atomic mass is 10.1. The Kier molecular flexibility index (Phi) is 3.73. The average molecular weight is 306 g/mol. The van der Waals surface area contributed by atoms with Gasteiger partial charge in [0, 0.05) is 0 Å². The van der Waals surface area contributed by atoms with Crippen LogP contribution in [0.5, 0.6) is 0 Å². The Labute approximate surface area is 126 Å². The van der Waals surface area contributed by atoms with Crippen LogP contribution >= 0.6 is 0 Å². The number of aliphatic hydroxyl groups excluding tert-OH is 3. The summed E-state index contributed by atoms with van der Waals surface area (Å²) in [5.41, 5.74) is 3.30. The molecule has 1 saturated heterocycles. The zero-order chi connectivity index (χ0) is 16.0. The molecule has 0 spiro atoms. The smallest absolute Gasteiger partial charge is 0.185 e. The number of benzene rings is 1. The van der Waals surface area contributed by atoms with E-state index in [0.717, 1.165) is 11.1 Å². The van der Waals surface area contributed by atoms with Crippen molar-refractivity contribution in [3.05, 3.63) is 29.1 Å². The van der Waals surface area contributed by atoms with Crippen LogP contribution in [0.25, 0.3) is 11.0 Å². The maximum absolute atomic E-state index is 11.3. The number of aldehydes is 1. The molecule has 2 heterocycles. The minimum absolute atomic E-state index is 0.106. The van der Waals surface area contributed by atoms with Crippen molar-refractivity contribution in [2.75, 3.05) is 6.61 Å². The van der Waals surface area contributed by atoms with Gasteiger partial charge in [0.2, 0.25) is 0 Å². The van der Waals surface area contributed by atoms with E-state index < -0.39 is 31.1 Å². The molecule has 0 amide bonds. The van der Waals surface area contributed by atoms with Crippen LogP contribution in [-0.2, 0) is 4.74 Å². The number of hydrogen-bond donors (Lipinski definition) is 3. The fraction of sp³-hybridized carbons (Fsp3) is 0.467. The van der Waals surface area contributed by atoms with Crippen LogP contribution in [0.15, 0.2) is 12.1 Å². The molecule has 0 unspecified atom stereocenters. The molecule has 1 aliphatic rings. The topological polar surface area (TPSA) is 105 Å². The van der Waals surface area contributed by atoms with E-state index in [9.17, 15) is 20.1 Å². The molecule has 4 atom stereocenters. The summed E-state index contributed by atoms with van der Waals surface area (Å²) in [6, 6.07) is 3.72. The van der Waals surface area contributed by atoms with E-state index in [4.69, 9.17) is 4.74 Å². The number of nitrogens with zero attached hydrogens (tertiary/aromatic N) is 2. The molecule has 1 aromatic carbocycles. The summed E-state index contributed by atoms with van der Waals surface area (Å²) in [6.45, 7) is 3.46. The Morgan fingerprint density at radius 1 is 1.27 bits per heavy atom. The van der Waals surface area contributed by atoms with Crippen molar-refractivity contribution in [2.45, 2.75) is 38.4 Å². The van der Waals surface area contributed by atoms with Crippen molar-refractivity contribution in [3.8, 4) is 0 Å². The third kappa shape index (κ3) is 2.14. The normalized spacial score (nSPS) is 28.4. The number of aliphatic hydroxyl groups is 3. The fourth-order valence-corrected chi connectivity index (χ4v) is 2.81. The van der Waals surface area contributed by atoms with Crippen molar-refractivity contribution < 1.29 is 24.9 Å². The van der Waals surface area contributed by atoms with E-state index in [2.05, 4.69) is 4.98 Å². The molecule has 1 fully saturated rings. The van der Waals surface area contributed by atoms with Gasteiger partial charge in [-0.05, 0) is 37.1 Å². The third-order valence-electron chi connectivity index (χ3n) is 4.21. The van der Waals surface area contributed by atoms with Crippen molar-refractivity contribution in [1.29, 1.82) is 0 Å². The van der Waals surface area contributed by atoms with Crippen molar-refractivity contribution in [2.24, 2.45) is 0 Å². The first-order valence-electron chi connectivity index (χ1n) is 7.04. The number of rotatable bonds is 3. The Hall–Kier alpha value is -1.80. The summed E-state index contributed by atoms with van der Waals surface area (Å²) in [7, 11) is 0. The van der Waals surface area contributed by atoms with Gasteiger partial charge < -0.3 is 20.1 Å². The second kappa shape index (κ2) is 5.44. The van der Waals surface area contributed by atoms with Crippen molar-refractivity contribution in [1.82, 2.24) is 9.55 Å². The molecule has 0 aliphatic carbocycles. The number of ether oxygens (including phenoxy) is 1. The number of aryl methyl sites for hydroxylation is 2. The maximum Gasteiger partial charge on any atom is 0.185 e. The number of aromatic nitrogens is 2. The Bertz CT molecular complexity index is 726. The predicted octanol–water partition coefficient (Wildman–Crippen LogP) is 0.0771.